The molecule has 0 radical (unpaired) electrons. The van der Waals surface area contributed by atoms with Crippen LogP contribution in [0.3, 0.4) is 0 Å². The minimum absolute atomic E-state index is 0.172. The van der Waals surface area contributed by atoms with Gasteiger partial charge >= 0.3 is 18.0 Å². The van der Waals surface area contributed by atoms with Gasteiger partial charge in [0.25, 0.3) is 5.91 Å². The lowest BCUT2D eigenvalue weighted by atomic mass is 9.98. The highest BCUT2D eigenvalue weighted by Gasteiger charge is 2.52. The number of amides is 3. The Morgan fingerprint density at radius 3 is 2.40 bits per heavy atom. The number of nitrogens with one attached hydrogen (secondary N) is 2. The van der Waals surface area contributed by atoms with Crippen molar-refractivity contribution in [1.29, 1.82) is 0 Å². The first-order chi connectivity index (χ1) is 14.2. The van der Waals surface area contributed by atoms with Gasteiger partial charge in [0.1, 0.15) is 17.8 Å². The van der Waals surface area contributed by atoms with Crippen LogP contribution in [-0.4, -0.2) is 64.8 Å². The van der Waals surface area contributed by atoms with E-state index in [4.69, 9.17) is 9.47 Å². The average molecular weight is 419 g/mol. The standard InChI is InChI=1S/C20H25N3O7/c1-4-29-17(26)16-11(2)15(12(3)21-16)13(24)10-30-14(25)9-23-18(27)20(22-19(23)28)7-5-6-8-20/h21H,4-10H2,1-3H3,(H,22,28). The van der Waals surface area contributed by atoms with Gasteiger partial charge in [-0.15, -0.1) is 0 Å². The SMILES string of the molecule is CCOC(=O)c1[nH]c(C)c(C(=O)COC(=O)CN2C(=O)NC3(CCCC3)C2=O)c1C. The maximum Gasteiger partial charge on any atom is 0.355 e. The number of hydrogen-bond donors (Lipinski definition) is 2. The second-order valence-electron chi connectivity index (χ2n) is 7.54. The number of rotatable bonds is 7. The van der Waals surface area contributed by atoms with Crippen molar-refractivity contribution in [2.75, 3.05) is 19.8 Å². The molecule has 1 aromatic rings. The highest BCUT2D eigenvalue weighted by molar-refractivity contribution is 6.09. The molecule has 0 unspecified atom stereocenters. The number of nitrogens with zero attached hydrogens (tertiary/aromatic N) is 1. The molecule has 10 heteroatoms. The lowest BCUT2D eigenvalue weighted by Gasteiger charge is -2.19. The smallest absolute Gasteiger partial charge is 0.355 e. The Hall–Kier alpha value is -3.17. The average Bonchev–Trinajstić information content (AvgIpc) is 3.34. The predicted molar refractivity (Wildman–Crippen MR) is 103 cm³/mol. The van der Waals surface area contributed by atoms with Crippen LogP contribution in [0.15, 0.2) is 0 Å². The summed E-state index contributed by atoms with van der Waals surface area (Å²) in [5, 5.41) is 2.68. The van der Waals surface area contributed by atoms with Gasteiger partial charge in [-0.3, -0.25) is 19.3 Å². The number of hydrogen-bond acceptors (Lipinski definition) is 7. The third kappa shape index (κ3) is 3.81. The van der Waals surface area contributed by atoms with Gasteiger partial charge in [0.2, 0.25) is 5.78 Å². The van der Waals surface area contributed by atoms with E-state index in [2.05, 4.69) is 10.3 Å². The van der Waals surface area contributed by atoms with Crippen LogP contribution in [0.2, 0.25) is 0 Å². The molecule has 3 rings (SSSR count). The van der Waals surface area contributed by atoms with Crippen LogP contribution in [0.4, 0.5) is 4.79 Å². The molecule has 10 nitrogen and oxygen atoms in total. The van der Waals surface area contributed by atoms with Crippen LogP contribution < -0.4 is 5.32 Å². The van der Waals surface area contributed by atoms with Gasteiger partial charge < -0.3 is 19.8 Å². The Morgan fingerprint density at radius 2 is 1.77 bits per heavy atom. The molecule has 1 saturated carbocycles. The fourth-order valence-corrected chi connectivity index (χ4v) is 4.11. The number of ketones is 1. The van der Waals surface area contributed by atoms with Gasteiger partial charge in [-0.25, -0.2) is 9.59 Å². The van der Waals surface area contributed by atoms with Crippen LogP contribution in [-0.2, 0) is 19.1 Å². The summed E-state index contributed by atoms with van der Waals surface area (Å²) in [5.41, 5.74) is 0.366. The quantitative estimate of drug-likeness (QED) is 0.387. The van der Waals surface area contributed by atoms with Crippen molar-refractivity contribution in [3.8, 4) is 0 Å². The molecule has 3 amide bonds. The highest BCUT2D eigenvalue weighted by Crippen LogP contribution is 2.34. The number of esters is 2. The number of ether oxygens (including phenoxy) is 2. The molecular weight excluding hydrogens is 394 g/mol. The number of aromatic amines is 1. The number of H-pyrrole nitrogens is 1. The van der Waals surface area contributed by atoms with Crippen molar-refractivity contribution in [1.82, 2.24) is 15.2 Å². The summed E-state index contributed by atoms with van der Waals surface area (Å²) in [4.78, 5) is 65.0. The monoisotopic (exact) mass is 419 g/mol. The van der Waals surface area contributed by atoms with Gasteiger partial charge in [-0.2, -0.15) is 0 Å². The molecule has 1 aliphatic heterocycles. The third-order valence-corrected chi connectivity index (χ3v) is 5.55. The summed E-state index contributed by atoms with van der Waals surface area (Å²) in [6.45, 7) is 3.96. The fourth-order valence-electron chi connectivity index (χ4n) is 4.11. The molecule has 30 heavy (non-hydrogen) atoms. The number of Topliss-reactive ketones (excluding diaryl/α,β-unsaturated/α-hetero) is 1. The predicted octanol–water partition coefficient (Wildman–Crippen LogP) is 1.40. The summed E-state index contributed by atoms with van der Waals surface area (Å²) >= 11 is 0. The van der Waals surface area contributed by atoms with Crippen LogP contribution in [0.5, 0.6) is 0 Å². The molecule has 1 saturated heterocycles. The van der Waals surface area contributed by atoms with Crippen LogP contribution in [0.1, 0.15) is 64.7 Å². The van der Waals surface area contributed by atoms with Crippen LogP contribution >= 0.6 is 0 Å². The zero-order valence-corrected chi connectivity index (χ0v) is 17.3. The maximum atomic E-state index is 12.6. The van der Waals surface area contributed by atoms with Gasteiger partial charge in [0.05, 0.1) is 6.61 Å². The lowest BCUT2D eigenvalue weighted by Crippen LogP contribution is -2.44. The molecule has 2 aliphatic rings. The van der Waals surface area contributed by atoms with Crippen molar-refractivity contribution in [2.45, 2.75) is 52.0 Å². The molecule has 0 aromatic carbocycles. The summed E-state index contributed by atoms with van der Waals surface area (Å²) < 4.78 is 9.95. The van der Waals surface area contributed by atoms with Gasteiger partial charge in [-0.1, -0.05) is 12.8 Å². The van der Waals surface area contributed by atoms with Crippen molar-refractivity contribution in [2.24, 2.45) is 0 Å². The van der Waals surface area contributed by atoms with E-state index in [1.54, 1.807) is 20.8 Å². The minimum atomic E-state index is -0.907. The van der Waals surface area contributed by atoms with E-state index in [0.717, 1.165) is 17.7 Å². The third-order valence-electron chi connectivity index (χ3n) is 5.55. The molecule has 2 N–H and O–H groups in total. The van der Waals surface area contributed by atoms with Crippen molar-refractivity contribution < 1.29 is 33.4 Å². The second-order valence-corrected chi connectivity index (χ2v) is 7.54. The topological polar surface area (TPSA) is 135 Å². The molecule has 1 aliphatic carbocycles. The molecule has 0 atom stereocenters. The molecular formula is C20H25N3O7. The number of aromatic nitrogens is 1. The Bertz CT molecular complexity index is 912. The number of aryl methyl sites for hydroxylation is 1. The van der Waals surface area contributed by atoms with Gasteiger partial charge in [0, 0.05) is 11.3 Å². The zero-order valence-electron chi connectivity index (χ0n) is 17.3. The Kier molecular flexibility index (Phi) is 5.95. The van der Waals surface area contributed by atoms with E-state index in [1.165, 1.54) is 0 Å². The van der Waals surface area contributed by atoms with E-state index in [-0.39, 0.29) is 17.9 Å². The molecule has 1 aromatic heterocycles. The molecule has 1 spiro atoms. The summed E-state index contributed by atoms with van der Waals surface area (Å²) in [6, 6.07) is -0.624. The largest absolute Gasteiger partial charge is 0.461 e. The summed E-state index contributed by atoms with van der Waals surface area (Å²) in [6.07, 6.45) is 2.77. The Balaban J connectivity index is 1.60. The molecule has 0 bridgehead atoms. The van der Waals surface area contributed by atoms with Crippen molar-refractivity contribution >= 4 is 29.7 Å². The van der Waals surface area contributed by atoms with E-state index >= 15 is 0 Å². The number of imide groups is 1. The zero-order chi connectivity index (χ0) is 22.1. The van der Waals surface area contributed by atoms with Crippen molar-refractivity contribution in [3.05, 3.63) is 22.5 Å². The summed E-state index contributed by atoms with van der Waals surface area (Å²) in [5.74, 6) is -2.37. The van der Waals surface area contributed by atoms with Crippen molar-refractivity contribution in [3.63, 3.8) is 0 Å². The normalized spacial score (nSPS) is 17.4. The van der Waals surface area contributed by atoms with E-state index in [0.29, 0.717) is 24.1 Å². The minimum Gasteiger partial charge on any atom is -0.461 e. The number of urea groups is 1. The Labute approximate surface area is 173 Å². The van der Waals surface area contributed by atoms with E-state index in [1.807, 2.05) is 0 Å². The number of carbonyl (C=O) groups excluding carboxylic acids is 5. The summed E-state index contributed by atoms with van der Waals surface area (Å²) in [7, 11) is 0. The van der Waals surface area contributed by atoms with E-state index < -0.39 is 48.4 Å². The molecule has 2 fully saturated rings. The van der Waals surface area contributed by atoms with Crippen LogP contribution in [0.25, 0.3) is 0 Å². The highest BCUT2D eigenvalue weighted by atomic mass is 16.5. The molecule has 2 heterocycles. The van der Waals surface area contributed by atoms with Gasteiger partial charge in [-0.05, 0) is 39.2 Å². The van der Waals surface area contributed by atoms with E-state index in [9.17, 15) is 24.0 Å². The first-order valence-corrected chi connectivity index (χ1v) is 9.89. The van der Waals surface area contributed by atoms with Gasteiger partial charge in [0.15, 0.2) is 6.61 Å². The van der Waals surface area contributed by atoms with Crippen LogP contribution in [0, 0.1) is 13.8 Å². The maximum absolute atomic E-state index is 12.6. The molecule has 162 valence electrons. The fraction of sp³-hybridized carbons (Fsp3) is 0.550. The Morgan fingerprint density at radius 1 is 1.10 bits per heavy atom. The second kappa shape index (κ2) is 8.29. The lowest BCUT2D eigenvalue weighted by molar-refractivity contribution is -0.146. The first kappa shape index (κ1) is 21.5. The number of carbonyl (C=O) groups is 5. The first-order valence-electron chi connectivity index (χ1n) is 9.89.